The number of sulfonamides is 1. The van der Waals surface area contributed by atoms with E-state index in [4.69, 9.17) is 5.10 Å². The maximum Gasteiger partial charge on any atom is 0.262 e. The summed E-state index contributed by atoms with van der Waals surface area (Å²) >= 11 is 0. The quantitative estimate of drug-likeness (QED) is 0.385. The molecule has 1 amide bonds. The summed E-state index contributed by atoms with van der Waals surface area (Å²) in [4.78, 5) is 17.6. The molecule has 10 nitrogen and oxygen atoms in total. The van der Waals surface area contributed by atoms with Crippen LogP contribution in [0.5, 0.6) is 0 Å². The van der Waals surface area contributed by atoms with Crippen molar-refractivity contribution in [3.8, 4) is 5.69 Å². The van der Waals surface area contributed by atoms with Gasteiger partial charge in [0.15, 0.2) is 5.65 Å². The fraction of sp³-hybridized carbons (Fsp3) is 0.429. The molecule has 2 aliphatic rings. The molecule has 4 heterocycles. The number of anilines is 1. The Morgan fingerprint density at radius 3 is 2.51 bits per heavy atom. The molecule has 3 aromatic heterocycles. The molecule has 1 N–H and O–H groups in total. The van der Waals surface area contributed by atoms with Crippen LogP contribution in [-0.2, 0) is 10.0 Å². The van der Waals surface area contributed by atoms with Crippen molar-refractivity contribution in [1.29, 1.82) is 0 Å². The van der Waals surface area contributed by atoms with Crippen LogP contribution in [0.2, 0.25) is 0 Å². The van der Waals surface area contributed by atoms with E-state index >= 15 is 0 Å². The van der Waals surface area contributed by atoms with Gasteiger partial charge in [-0.25, -0.2) is 26.9 Å². The second kappa shape index (κ2) is 10.5. The lowest BCUT2D eigenvalue weighted by atomic mass is 9.95. The van der Waals surface area contributed by atoms with Crippen molar-refractivity contribution in [2.75, 3.05) is 18.4 Å². The molecule has 0 atom stereocenters. The number of carbonyl (C=O) groups is 1. The topological polar surface area (TPSA) is 114 Å². The van der Waals surface area contributed by atoms with Crippen LogP contribution in [0.1, 0.15) is 72.5 Å². The number of rotatable bonds is 6. The second-order valence-electron chi connectivity index (χ2n) is 10.6. The van der Waals surface area contributed by atoms with Gasteiger partial charge in [-0.3, -0.25) is 4.79 Å². The van der Waals surface area contributed by atoms with Gasteiger partial charge in [0, 0.05) is 37.5 Å². The van der Waals surface area contributed by atoms with Gasteiger partial charge in [0.2, 0.25) is 10.0 Å². The summed E-state index contributed by atoms with van der Waals surface area (Å²) in [5.74, 6) is 0.326. The van der Waals surface area contributed by atoms with Crippen LogP contribution in [0.4, 0.5) is 5.82 Å². The van der Waals surface area contributed by atoms with Crippen LogP contribution in [-0.4, -0.2) is 61.3 Å². The van der Waals surface area contributed by atoms with E-state index in [0.29, 0.717) is 43.0 Å². The zero-order valence-electron chi connectivity index (χ0n) is 22.0. The minimum atomic E-state index is -3.26. The minimum Gasteiger partial charge on any atom is -0.306 e. The lowest BCUT2D eigenvalue weighted by Gasteiger charge is -2.34. The molecule has 0 spiro atoms. The number of amides is 1. The average Bonchev–Trinajstić information content (AvgIpc) is 3.59. The van der Waals surface area contributed by atoms with Gasteiger partial charge in [0.25, 0.3) is 5.91 Å². The molecule has 1 saturated heterocycles. The summed E-state index contributed by atoms with van der Waals surface area (Å²) in [6.07, 6.45) is 10.9. The highest BCUT2D eigenvalue weighted by Gasteiger charge is 2.36. The molecule has 2 fully saturated rings. The van der Waals surface area contributed by atoms with Crippen molar-refractivity contribution < 1.29 is 13.2 Å². The summed E-state index contributed by atoms with van der Waals surface area (Å²) in [5, 5.41) is 11.9. The van der Waals surface area contributed by atoms with Crippen LogP contribution in [0.25, 0.3) is 11.3 Å². The van der Waals surface area contributed by atoms with E-state index in [9.17, 15) is 13.2 Å². The van der Waals surface area contributed by atoms with E-state index in [1.54, 1.807) is 32.0 Å². The number of nitrogens with zero attached hydrogens (tertiary/aromatic N) is 6. The Morgan fingerprint density at radius 2 is 1.77 bits per heavy atom. The van der Waals surface area contributed by atoms with Crippen LogP contribution < -0.4 is 5.32 Å². The average molecular weight is 548 g/mol. The van der Waals surface area contributed by atoms with E-state index in [-0.39, 0.29) is 17.1 Å². The maximum atomic E-state index is 13.3. The summed E-state index contributed by atoms with van der Waals surface area (Å²) in [6, 6.07) is 11.6. The Labute approximate surface area is 228 Å². The number of hydrogen-bond donors (Lipinski definition) is 1. The van der Waals surface area contributed by atoms with Gasteiger partial charge in [0.1, 0.15) is 11.4 Å². The molecule has 0 bridgehead atoms. The van der Waals surface area contributed by atoms with Gasteiger partial charge in [-0.05, 0) is 50.8 Å². The number of benzene rings is 1. The molecular weight excluding hydrogens is 514 g/mol. The van der Waals surface area contributed by atoms with Gasteiger partial charge in [-0.15, -0.1) is 0 Å². The highest BCUT2D eigenvalue weighted by Crippen LogP contribution is 2.34. The van der Waals surface area contributed by atoms with Gasteiger partial charge >= 0.3 is 0 Å². The normalized spacial score (nSPS) is 18.0. The lowest BCUT2D eigenvalue weighted by molar-refractivity contribution is 0.102. The molecule has 4 aromatic rings. The van der Waals surface area contributed by atoms with E-state index in [1.807, 2.05) is 37.3 Å². The summed E-state index contributed by atoms with van der Waals surface area (Å²) in [6.45, 7) is 3.02. The SMILES string of the molecule is Cc1ccc(-n2nc(C3CCN(S(=O)(=O)C4CCCCC4)CC3)cc2NC(=O)c2cnn3cccnc23)cc1. The molecule has 1 aromatic carbocycles. The first-order valence-electron chi connectivity index (χ1n) is 13.7. The Balaban J connectivity index is 1.24. The standard InChI is InChI=1S/C28H33N7O3S/c1-20-8-10-22(11-9-20)35-26(31-28(36)24-19-30-34-15-5-14-29-27(24)34)18-25(32-35)21-12-16-33(17-13-21)39(37,38)23-6-3-2-4-7-23/h5,8-11,14-15,18-19,21,23H,2-4,6-7,12-13,16-17H2,1H3,(H,31,36). The Kier molecular flexibility index (Phi) is 6.94. The first-order chi connectivity index (χ1) is 18.9. The fourth-order valence-corrected chi connectivity index (χ4v) is 7.79. The molecule has 204 valence electrons. The van der Waals surface area contributed by atoms with Crippen LogP contribution in [0, 0.1) is 6.92 Å². The van der Waals surface area contributed by atoms with Crippen LogP contribution in [0.15, 0.2) is 55.0 Å². The summed E-state index contributed by atoms with van der Waals surface area (Å²) in [7, 11) is -3.26. The number of fused-ring (bicyclic) bond motifs is 1. The number of hydrogen-bond acceptors (Lipinski definition) is 6. The number of aromatic nitrogens is 5. The third-order valence-corrected chi connectivity index (χ3v) is 10.4. The van der Waals surface area contributed by atoms with E-state index in [1.165, 1.54) is 6.20 Å². The van der Waals surface area contributed by atoms with E-state index in [2.05, 4.69) is 15.4 Å². The second-order valence-corrected chi connectivity index (χ2v) is 12.8. The van der Waals surface area contributed by atoms with Crippen LogP contribution >= 0.6 is 0 Å². The Morgan fingerprint density at radius 1 is 1.03 bits per heavy atom. The predicted octanol–water partition coefficient (Wildman–Crippen LogP) is 4.32. The van der Waals surface area contributed by atoms with Crippen molar-refractivity contribution in [2.24, 2.45) is 0 Å². The molecular formula is C28H33N7O3S. The molecule has 0 radical (unpaired) electrons. The van der Waals surface area contributed by atoms with E-state index < -0.39 is 10.0 Å². The maximum absolute atomic E-state index is 13.3. The van der Waals surface area contributed by atoms with Crippen molar-refractivity contribution in [3.05, 3.63) is 71.8 Å². The van der Waals surface area contributed by atoms with Gasteiger partial charge in [0.05, 0.1) is 22.8 Å². The Bertz CT molecular complexity index is 1580. The highest BCUT2D eigenvalue weighted by atomic mass is 32.2. The number of piperidine rings is 1. The lowest BCUT2D eigenvalue weighted by Crippen LogP contribution is -2.43. The minimum absolute atomic E-state index is 0.101. The van der Waals surface area contributed by atoms with Crippen molar-refractivity contribution in [3.63, 3.8) is 0 Å². The summed E-state index contributed by atoms with van der Waals surface area (Å²) in [5.41, 5.74) is 3.65. The predicted molar refractivity (Wildman–Crippen MR) is 149 cm³/mol. The summed E-state index contributed by atoms with van der Waals surface area (Å²) < 4.78 is 31.5. The molecule has 39 heavy (non-hydrogen) atoms. The van der Waals surface area contributed by atoms with Gasteiger partial charge in [-0.2, -0.15) is 10.2 Å². The fourth-order valence-electron chi connectivity index (χ4n) is 5.72. The Hall–Kier alpha value is -3.57. The molecule has 11 heteroatoms. The van der Waals surface area contributed by atoms with Crippen molar-refractivity contribution >= 4 is 27.4 Å². The molecule has 6 rings (SSSR count). The number of aryl methyl sites for hydroxylation is 1. The van der Waals surface area contributed by atoms with E-state index in [0.717, 1.165) is 49.0 Å². The van der Waals surface area contributed by atoms with Crippen LogP contribution in [0.3, 0.4) is 0 Å². The zero-order chi connectivity index (χ0) is 27.0. The first kappa shape index (κ1) is 25.7. The third-order valence-electron chi connectivity index (χ3n) is 7.98. The van der Waals surface area contributed by atoms with Gasteiger partial charge in [-0.1, -0.05) is 37.0 Å². The molecule has 1 aliphatic heterocycles. The van der Waals surface area contributed by atoms with Gasteiger partial charge < -0.3 is 5.32 Å². The first-order valence-corrected chi connectivity index (χ1v) is 15.2. The molecule has 0 unspecified atom stereocenters. The number of carbonyl (C=O) groups excluding carboxylic acids is 1. The van der Waals surface area contributed by atoms with Crippen molar-refractivity contribution in [2.45, 2.75) is 63.0 Å². The highest BCUT2D eigenvalue weighted by molar-refractivity contribution is 7.89. The molecule has 1 aliphatic carbocycles. The largest absolute Gasteiger partial charge is 0.306 e. The zero-order valence-corrected chi connectivity index (χ0v) is 22.8. The van der Waals surface area contributed by atoms with Crippen molar-refractivity contribution in [1.82, 2.24) is 28.7 Å². The monoisotopic (exact) mass is 547 g/mol. The number of nitrogens with one attached hydrogen (secondary N) is 1. The third kappa shape index (κ3) is 5.08. The smallest absolute Gasteiger partial charge is 0.262 e. The molecule has 1 saturated carbocycles.